The Hall–Kier alpha value is -3.52. The van der Waals surface area contributed by atoms with Gasteiger partial charge in [-0.2, -0.15) is 0 Å². The van der Waals surface area contributed by atoms with Crippen LogP contribution >= 0.6 is 11.6 Å². The van der Waals surface area contributed by atoms with Crippen LogP contribution in [0.15, 0.2) is 35.9 Å². The quantitative estimate of drug-likeness (QED) is 0.577. The lowest BCUT2D eigenvalue weighted by Crippen LogP contribution is -2.54. The average Bonchev–Trinajstić information content (AvgIpc) is 2.72. The van der Waals surface area contributed by atoms with Gasteiger partial charge in [0.2, 0.25) is 0 Å². The van der Waals surface area contributed by atoms with Gasteiger partial charge in [0.05, 0.1) is 27.0 Å². The molecule has 8 nitrogen and oxygen atoms in total. The smallest absolute Gasteiger partial charge is 0.335 e. The van der Waals surface area contributed by atoms with Gasteiger partial charge >= 0.3 is 6.03 Å². The lowest BCUT2D eigenvalue weighted by atomic mass is 10.0. The minimum absolute atomic E-state index is 0.241. The van der Waals surface area contributed by atoms with E-state index in [4.69, 9.17) is 25.8 Å². The molecule has 0 spiro atoms. The van der Waals surface area contributed by atoms with E-state index in [9.17, 15) is 14.4 Å². The van der Waals surface area contributed by atoms with Crippen LogP contribution < -0.4 is 24.4 Å². The third-order valence-corrected chi connectivity index (χ3v) is 4.96. The van der Waals surface area contributed by atoms with Crippen LogP contribution in [0.25, 0.3) is 6.08 Å². The SMILES string of the molecule is COc1cc(OC)c(OC)cc1C=C1C(=O)NC(=O)N(c2ccc(C)c(Cl)c2)C1=O. The molecule has 1 heterocycles. The third kappa shape index (κ3) is 3.81. The van der Waals surface area contributed by atoms with Gasteiger partial charge in [0.1, 0.15) is 11.3 Å². The second kappa shape index (κ2) is 8.46. The number of barbiturate groups is 1. The second-order valence-electron chi connectivity index (χ2n) is 6.34. The highest BCUT2D eigenvalue weighted by Gasteiger charge is 2.37. The number of hydrogen-bond acceptors (Lipinski definition) is 6. The first kappa shape index (κ1) is 21.2. The molecule has 1 aliphatic rings. The third-order valence-electron chi connectivity index (χ3n) is 4.55. The van der Waals surface area contributed by atoms with Crippen LogP contribution in [0.1, 0.15) is 11.1 Å². The van der Waals surface area contributed by atoms with E-state index in [1.165, 1.54) is 33.5 Å². The predicted molar refractivity (Wildman–Crippen MR) is 111 cm³/mol. The fraction of sp³-hybridized carbons (Fsp3) is 0.190. The minimum Gasteiger partial charge on any atom is -0.496 e. The second-order valence-corrected chi connectivity index (χ2v) is 6.75. The van der Waals surface area contributed by atoms with Crippen molar-refractivity contribution in [2.45, 2.75) is 6.92 Å². The van der Waals surface area contributed by atoms with Crippen LogP contribution in [0.5, 0.6) is 17.2 Å². The number of nitrogens with zero attached hydrogens (tertiary/aromatic N) is 1. The number of halogens is 1. The van der Waals surface area contributed by atoms with E-state index in [0.29, 0.717) is 27.8 Å². The molecule has 1 fully saturated rings. The molecule has 156 valence electrons. The fourth-order valence-corrected chi connectivity index (χ4v) is 3.11. The van der Waals surface area contributed by atoms with Gasteiger partial charge in [-0.15, -0.1) is 0 Å². The number of carbonyl (C=O) groups excluding carboxylic acids is 3. The van der Waals surface area contributed by atoms with Gasteiger partial charge in [-0.05, 0) is 36.8 Å². The molecular weight excluding hydrogens is 412 g/mol. The maximum Gasteiger partial charge on any atom is 0.335 e. The Labute approximate surface area is 178 Å². The van der Waals surface area contributed by atoms with E-state index in [1.54, 1.807) is 31.2 Å². The molecular formula is C21H19ClN2O6. The van der Waals surface area contributed by atoms with Gasteiger partial charge in [0, 0.05) is 16.7 Å². The molecule has 9 heteroatoms. The number of hydrogen-bond donors (Lipinski definition) is 1. The van der Waals surface area contributed by atoms with Crippen molar-refractivity contribution in [1.82, 2.24) is 5.32 Å². The first-order valence-corrected chi connectivity index (χ1v) is 9.16. The molecule has 0 unspecified atom stereocenters. The summed E-state index contributed by atoms with van der Waals surface area (Å²) in [6, 6.07) is 7.01. The lowest BCUT2D eigenvalue weighted by Gasteiger charge is -2.26. The number of aryl methyl sites for hydroxylation is 1. The standard InChI is InChI=1S/C21H19ClN2O6/c1-11-5-6-13(9-15(11)22)24-20(26)14(19(25)23-21(24)27)7-12-8-17(29-3)18(30-4)10-16(12)28-2/h5-10H,1-4H3,(H,23,25,27). The first-order valence-electron chi connectivity index (χ1n) is 8.78. The Kier molecular flexibility index (Phi) is 5.98. The van der Waals surface area contributed by atoms with E-state index in [0.717, 1.165) is 10.5 Å². The largest absolute Gasteiger partial charge is 0.496 e. The Morgan fingerprint density at radius 2 is 1.57 bits per heavy atom. The van der Waals surface area contributed by atoms with Gasteiger partial charge in [-0.3, -0.25) is 14.9 Å². The number of imide groups is 2. The summed E-state index contributed by atoms with van der Waals surface area (Å²) in [5.74, 6) is -0.464. The Balaban J connectivity index is 2.10. The molecule has 0 bridgehead atoms. The zero-order valence-electron chi connectivity index (χ0n) is 16.7. The number of ether oxygens (including phenoxy) is 3. The maximum atomic E-state index is 13.1. The molecule has 3 rings (SSSR count). The molecule has 0 aliphatic carbocycles. The first-order chi connectivity index (χ1) is 14.3. The van der Waals surface area contributed by atoms with Gasteiger partial charge in [-0.1, -0.05) is 17.7 Å². The van der Waals surface area contributed by atoms with Crippen LogP contribution in [-0.2, 0) is 9.59 Å². The van der Waals surface area contributed by atoms with Gasteiger partial charge in [-0.25, -0.2) is 9.69 Å². The Bertz CT molecular complexity index is 1080. The van der Waals surface area contributed by atoms with E-state index < -0.39 is 17.8 Å². The Morgan fingerprint density at radius 3 is 2.17 bits per heavy atom. The van der Waals surface area contributed by atoms with Crippen LogP contribution in [0, 0.1) is 6.92 Å². The van der Waals surface area contributed by atoms with Gasteiger partial charge in [0.25, 0.3) is 11.8 Å². The summed E-state index contributed by atoms with van der Waals surface area (Å²) in [5.41, 5.74) is 1.17. The van der Waals surface area contributed by atoms with Crippen molar-refractivity contribution >= 4 is 41.2 Å². The number of nitrogens with one attached hydrogen (secondary N) is 1. The van der Waals surface area contributed by atoms with E-state index in [2.05, 4.69) is 5.32 Å². The maximum absolute atomic E-state index is 13.1. The summed E-state index contributed by atoms with van der Waals surface area (Å²) < 4.78 is 15.9. The van der Waals surface area contributed by atoms with Crippen molar-refractivity contribution in [3.05, 3.63) is 52.1 Å². The zero-order valence-corrected chi connectivity index (χ0v) is 17.5. The number of rotatable bonds is 5. The van der Waals surface area contributed by atoms with Crippen LogP contribution in [-0.4, -0.2) is 39.2 Å². The highest BCUT2D eigenvalue weighted by molar-refractivity contribution is 6.39. The lowest BCUT2D eigenvalue weighted by molar-refractivity contribution is -0.122. The number of anilines is 1. The van der Waals surface area contributed by atoms with Crippen molar-refractivity contribution in [3.63, 3.8) is 0 Å². The van der Waals surface area contributed by atoms with Crippen molar-refractivity contribution in [3.8, 4) is 17.2 Å². The molecule has 0 radical (unpaired) electrons. The number of carbonyl (C=O) groups is 3. The van der Waals surface area contributed by atoms with E-state index in [1.807, 2.05) is 0 Å². The van der Waals surface area contributed by atoms with Crippen LogP contribution in [0.3, 0.4) is 0 Å². The monoisotopic (exact) mass is 430 g/mol. The molecule has 0 aromatic heterocycles. The highest BCUT2D eigenvalue weighted by atomic mass is 35.5. The number of methoxy groups -OCH3 is 3. The summed E-state index contributed by atoms with van der Waals surface area (Å²) in [4.78, 5) is 38.7. The molecule has 1 saturated heterocycles. The Morgan fingerprint density at radius 1 is 0.933 bits per heavy atom. The van der Waals surface area contributed by atoms with E-state index >= 15 is 0 Å². The van der Waals surface area contributed by atoms with E-state index in [-0.39, 0.29) is 11.3 Å². The predicted octanol–water partition coefficient (Wildman–Crippen LogP) is 3.34. The minimum atomic E-state index is -0.860. The molecule has 30 heavy (non-hydrogen) atoms. The number of urea groups is 1. The van der Waals surface area contributed by atoms with Gasteiger partial charge < -0.3 is 14.2 Å². The zero-order chi connectivity index (χ0) is 22.0. The average molecular weight is 431 g/mol. The van der Waals surface area contributed by atoms with Gasteiger partial charge in [0.15, 0.2) is 11.5 Å². The molecule has 4 amide bonds. The van der Waals surface area contributed by atoms with Crippen molar-refractivity contribution in [1.29, 1.82) is 0 Å². The van der Waals surface area contributed by atoms with Crippen molar-refractivity contribution < 1.29 is 28.6 Å². The topological polar surface area (TPSA) is 94.2 Å². The molecule has 0 atom stereocenters. The molecule has 2 aromatic rings. The molecule has 1 N–H and O–H groups in total. The summed E-state index contributed by atoms with van der Waals surface area (Å²) >= 11 is 6.13. The summed E-state index contributed by atoms with van der Waals surface area (Å²) in [6.07, 6.45) is 1.33. The number of amides is 4. The van der Waals surface area contributed by atoms with Crippen molar-refractivity contribution in [2.75, 3.05) is 26.2 Å². The number of benzene rings is 2. The van der Waals surface area contributed by atoms with Crippen molar-refractivity contribution in [2.24, 2.45) is 0 Å². The summed E-state index contributed by atoms with van der Waals surface area (Å²) in [5, 5.41) is 2.56. The normalized spacial score (nSPS) is 15.3. The van der Waals surface area contributed by atoms with Crippen LogP contribution in [0.2, 0.25) is 5.02 Å². The molecule has 2 aromatic carbocycles. The van der Waals surface area contributed by atoms with Crippen LogP contribution in [0.4, 0.5) is 10.5 Å². The fourth-order valence-electron chi connectivity index (χ4n) is 2.93. The summed E-state index contributed by atoms with van der Waals surface area (Å²) in [7, 11) is 4.38. The molecule has 1 aliphatic heterocycles. The molecule has 0 saturated carbocycles. The summed E-state index contributed by atoms with van der Waals surface area (Å²) in [6.45, 7) is 1.79. The highest BCUT2D eigenvalue weighted by Crippen LogP contribution is 2.36.